The molecule has 1 saturated carbocycles. The molecular weight excluding hydrogens is 154 g/mol. The summed E-state index contributed by atoms with van der Waals surface area (Å²) in [5.74, 6) is 0. The summed E-state index contributed by atoms with van der Waals surface area (Å²) in [6.45, 7) is 1.77. The normalized spacial score (nSPS) is 23.1. The molecule has 0 aromatic rings. The molecule has 64 valence electrons. The molecule has 2 amide bonds. The number of rotatable bonds is 2. The molecule has 0 bridgehead atoms. The molecule has 1 aliphatic heterocycles. The van der Waals surface area contributed by atoms with Crippen LogP contribution in [-0.4, -0.2) is 41.5 Å². The first-order chi connectivity index (χ1) is 5.83. The summed E-state index contributed by atoms with van der Waals surface area (Å²) in [5, 5.41) is 8.42. The summed E-state index contributed by atoms with van der Waals surface area (Å²) in [5.41, 5.74) is 0. The Labute approximate surface area is 71.4 Å². The zero-order valence-electron chi connectivity index (χ0n) is 6.86. The maximum atomic E-state index is 11.5. The summed E-state index contributed by atoms with van der Waals surface area (Å²) in [6, 6.07) is 2.54. The molecule has 0 aromatic heterocycles. The quantitative estimate of drug-likeness (QED) is 0.556. The number of carbonyl (C=O) groups excluding carboxylic acids is 1. The standard InChI is InChI=1S/C8H11N3O/c9-3-4-10-5-6-11(8(10)12)7-1-2-7/h7H,1-2,4-6H2. The molecule has 1 heterocycles. The number of nitriles is 1. The van der Waals surface area contributed by atoms with Crippen LogP contribution in [0.1, 0.15) is 12.8 Å². The lowest BCUT2D eigenvalue weighted by Crippen LogP contribution is -2.33. The van der Waals surface area contributed by atoms with Crippen LogP contribution < -0.4 is 0 Å². The fourth-order valence-corrected chi connectivity index (χ4v) is 1.56. The van der Waals surface area contributed by atoms with Crippen LogP contribution in [0.4, 0.5) is 4.79 Å². The highest BCUT2D eigenvalue weighted by Gasteiger charge is 2.38. The van der Waals surface area contributed by atoms with Crippen LogP contribution in [0.2, 0.25) is 0 Å². The maximum Gasteiger partial charge on any atom is 0.321 e. The molecule has 0 N–H and O–H groups in total. The Kier molecular flexibility index (Phi) is 1.65. The maximum absolute atomic E-state index is 11.5. The highest BCUT2D eigenvalue weighted by atomic mass is 16.2. The van der Waals surface area contributed by atoms with Gasteiger partial charge in [0, 0.05) is 19.1 Å². The van der Waals surface area contributed by atoms with Crippen molar-refractivity contribution in [3.8, 4) is 6.07 Å². The lowest BCUT2D eigenvalue weighted by molar-refractivity contribution is 0.194. The third-order valence-corrected chi connectivity index (χ3v) is 2.38. The van der Waals surface area contributed by atoms with Crippen LogP contribution in [0.25, 0.3) is 0 Å². The molecular formula is C8H11N3O. The minimum atomic E-state index is 0.0547. The monoisotopic (exact) mass is 165 g/mol. The van der Waals surface area contributed by atoms with Gasteiger partial charge >= 0.3 is 6.03 Å². The molecule has 4 heteroatoms. The van der Waals surface area contributed by atoms with Gasteiger partial charge in [0.15, 0.2) is 0 Å². The Morgan fingerprint density at radius 2 is 2.25 bits per heavy atom. The van der Waals surface area contributed by atoms with E-state index in [1.807, 2.05) is 11.0 Å². The molecule has 0 unspecified atom stereocenters. The molecule has 0 radical (unpaired) electrons. The van der Waals surface area contributed by atoms with E-state index in [1.165, 1.54) is 0 Å². The summed E-state index contributed by atoms with van der Waals surface area (Å²) >= 11 is 0. The van der Waals surface area contributed by atoms with Gasteiger partial charge in [-0.05, 0) is 12.8 Å². The van der Waals surface area contributed by atoms with Gasteiger partial charge in [-0.25, -0.2) is 4.79 Å². The largest absolute Gasteiger partial charge is 0.321 e. The Hall–Kier alpha value is -1.24. The zero-order valence-corrected chi connectivity index (χ0v) is 6.86. The van der Waals surface area contributed by atoms with E-state index in [-0.39, 0.29) is 12.6 Å². The van der Waals surface area contributed by atoms with E-state index >= 15 is 0 Å². The molecule has 2 fully saturated rings. The van der Waals surface area contributed by atoms with Crippen molar-refractivity contribution in [2.24, 2.45) is 0 Å². The van der Waals surface area contributed by atoms with Crippen LogP contribution in [0, 0.1) is 11.3 Å². The third-order valence-electron chi connectivity index (χ3n) is 2.38. The zero-order chi connectivity index (χ0) is 8.55. The van der Waals surface area contributed by atoms with Crippen molar-refractivity contribution in [3.05, 3.63) is 0 Å². The van der Waals surface area contributed by atoms with Gasteiger partial charge in [0.25, 0.3) is 0 Å². The van der Waals surface area contributed by atoms with Gasteiger partial charge in [0.05, 0.1) is 6.07 Å². The van der Waals surface area contributed by atoms with Gasteiger partial charge in [-0.1, -0.05) is 0 Å². The van der Waals surface area contributed by atoms with E-state index in [0.717, 1.165) is 25.9 Å². The molecule has 2 rings (SSSR count). The van der Waals surface area contributed by atoms with Crippen molar-refractivity contribution in [2.45, 2.75) is 18.9 Å². The minimum absolute atomic E-state index is 0.0547. The topological polar surface area (TPSA) is 47.3 Å². The number of hydrogen-bond acceptors (Lipinski definition) is 2. The van der Waals surface area contributed by atoms with Crippen LogP contribution >= 0.6 is 0 Å². The average Bonchev–Trinajstić information content (AvgIpc) is 2.82. The first-order valence-electron chi connectivity index (χ1n) is 4.25. The number of urea groups is 1. The number of carbonyl (C=O) groups is 1. The van der Waals surface area contributed by atoms with E-state index in [9.17, 15) is 4.79 Å². The van der Waals surface area contributed by atoms with Gasteiger partial charge in [-0.2, -0.15) is 5.26 Å². The van der Waals surface area contributed by atoms with Gasteiger partial charge in [-0.15, -0.1) is 0 Å². The number of nitrogens with zero attached hydrogens (tertiary/aromatic N) is 3. The second-order valence-corrected chi connectivity index (χ2v) is 3.29. The second kappa shape index (κ2) is 2.67. The van der Waals surface area contributed by atoms with Gasteiger partial charge < -0.3 is 9.80 Å². The summed E-state index contributed by atoms with van der Waals surface area (Å²) in [6.07, 6.45) is 2.29. The molecule has 0 aromatic carbocycles. The molecule has 1 aliphatic carbocycles. The minimum Gasteiger partial charge on any atom is -0.320 e. The van der Waals surface area contributed by atoms with Crippen molar-refractivity contribution in [3.63, 3.8) is 0 Å². The van der Waals surface area contributed by atoms with Crippen LogP contribution in [0.3, 0.4) is 0 Å². The molecule has 2 aliphatic rings. The first kappa shape index (κ1) is 7.41. The van der Waals surface area contributed by atoms with Crippen molar-refractivity contribution >= 4 is 6.03 Å². The lowest BCUT2D eigenvalue weighted by atomic mass is 10.5. The van der Waals surface area contributed by atoms with E-state index in [4.69, 9.17) is 5.26 Å². The number of hydrogen-bond donors (Lipinski definition) is 0. The molecule has 1 saturated heterocycles. The Morgan fingerprint density at radius 1 is 1.50 bits per heavy atom. The van der Waals surface area contributed by atoms with E-state index in [0.29, 0.717) is 6.04 Å². The Morgan fingerprint density at radius 3 is 2.83 bits per heavy atom. The smallest absolute Gasteiger partial charge is 0.320 e. The van der Waals surface area contributed by atoms with Crippen molar-refractivity contribution in [1.29, 1.82) is 5.26 Å². The lowest BCUT2D eigenvalue weighted by Gasteiger charge is -2.15. The Balaban J connectivity index is 1.97. The van der Waals surface area contributed by atoms with Gasteiger partial charge in [-0.3, -0.25) is 0 Å². The fourth-order valence-electron chi connectivity index (χ4n) is 1.56. The second-order valence-electron chi connectivity index (χ2n) is 3.29. The van der Waals surface area contributed by atoms with Crippen LogP contribution in [0.15, 0.2) is 0 Å². The highest BCUT2D eigenvalue weighted by Crippen LogP contribution is 2.29. The first-order valence-corrected chi connectivity index (χ1v) is 4.25. The predicted molar refractivity (Wildman–Crippen MR) is 42.3 cm³/mol. The summed E-state index contributed by atoms with van der Waals surface area (Å²) in [7, 11) is 0. The van der Waals surface area contributed by atoms with Crippen molar-refractivity contribution in [2.75, 3.05) is 19.6 Å². The molecule has 4 nitrogen and oxygen atoms in total. The summed E-state index contributed by atoms with van der Waals surface area (Å²) < 4.78 is 0. The van der Waals surface area contributed by atoms with Crippen molar-refractivity contribution in [1.82, 2.24) is 9.80 Å². The van der Waals surface area contributed by atoms with Crippen LogP contribution in [-0.2, 0) is 0 Å². The van der Waals surface area contributed by atoms with Gasteiger partial charge in [0.1, 0.15) is 6.54 Å². The third kappa shape index (κ3) is 1.11. The fraction of sp³-hybridized carbons (Fsp3) is 0.750. The Bertz CT molecular complexity index is 241. The van der Waals surface area contributed by atoms with E-state index < -0.39 is 0 Å². The highest BCUT2D eigenvalue weighted by molar-refractivity contribution is 5.77. The van der Waals surface area contributed by atoms with E-state index in [1.54, 1.807) is 4.90 Å². The van der Waals surface area contributed by atoms with Crippen molar-refractivity contribution < 1.29 is 4.79 Å². The van der Waals surface area contributed by atoms with Gasteiger partial charge in [0.2, 0.25) is 0 Å². The molecule has 12 heavy (non-hydrogen) atoms. The van der Waals surface area contributed by atoms with Crippen LogP contribution in [0.5, 0.6) is 0 Å². The predicted octanol–water partition coefficient (Wildman–Crippen LogP) is 0.410. The number of amides is 2. The average molecular weight is 165 g/mol. The molecule has 0 atom stereocenters. The SMILES string of the molecule is N#CCN1CCN(C2CC2)C1=O. The summed E-state index contributed by atoms with van der Waals surface area (Å²) in [4.78, 5) is 15.0. The molecule has 0 spiro atoms. The van der Waals surface area contributed by atoms with E-state index in [2.05, 4.69) is 0 Å².